The van der Waals surface area contributed by atoms with Crippen LogP contribution in [0.3, 0.4) is 0 Å². The fourth-order valence-corrected chi connectivity index (χ4v) is 12.8. The molecule has 0 amide bonds. The minimum absolute atomic E-state index is 0.107. The van der Waals surface area contributed by atoms with Gasteiger partial charge in [-0.1, -0.05) is 330 Å². The summed E-state index contributed by atoms with van der Waals surface area (Å²) in [5.74, 6) is -1.44. The van der Waals surface area contributed by atoms with Crippen molar-refractivity contribution in [3.8, 4) is 0 Å². The first kappa shape index (κ1) is 90.1. The summed E-state index contributed by atoms with van der Waals surface area (Å²) in [7, 11) is -9.90. The summed E-state index contributed by atoms with van der Waals surface area (Å²) in [5, 5.41) is 10.6. The second kappa shape index (κ2) is 66.3. The lowest BCUT2D eigenvalue weighted by Crippen LogP contribution is -2.30. The number of hydrogen-bond donors (Lipinski definition) is 3. The molecule has 19 heteroatoms. The number of aliphatic hydroxyl groups is 1. The second-order valence-corrected chi connectivity index (χ2v) is 29.7. The zero-order chi connectivity index (χ0) is 67.7. The normalized spacial score (nSPS) is 14.0. The highest BCUT2D eigenvalue weighted by Gasteiger charge is 2.30. The van der Waals surface area contributed by atoms with Crippen LogP contribution in [0.2, 0.25) is 0 Å². The Morgan fingerprint density at radius 3 is 0.739 bits per heavy atom. The Bertz CT molecular complexity index is 1770. The SMILES string of the molecule is CCCCCCCCCCCCCCCCCCC(=O)O[C@H](COC(=O)CCCCCCCCCCCCCCCCC)COP(=O)(O)OC[C@@H](O)COP(=O)(O)OC[C@@H](COC(=O)CCCCCCCCC(C)C)OC(=O)CCCCCCCCCCCCCC. The first-order valence-electron chi connectivity index (χ1n) is 38.1. The molecule has 0 bridgehead atoms. The maximum absolute atomic E-state index is 13.1. The number of rotatable bonds is 73. The van der Waals surface area contributed by atoms with Crippen molar-refractivity contribution < 1.29 is 80.2 Å². The molecule has 0 aromatic heterocycles. The van der Waals surface area contributed by atoms with E-state index in [9.17, 15) is 43.2 Å². The molecule has 92 heavy (non-hydrogen) atoms. The quantitative estimate of drug-likeness (QED) is 0.0222. The molecule has 0 aliphatic rings. The molecular weight excluding hydrogens is 1210 g/mol. The van der Waals surface area contributed by atoms with E-state index in [-0.39, 0.29) is 25.7 Å². The van der Waals surface area contributed by atoms with Crippen LogP contribution in [0.5, 0.6) is 0 Å². The van der Waals surface area contributed by atoms with Crippen LogP contribution in [0.4, 0.5) is 0 Å². The molecule has 0 heterocycles. The van der Waals surface area contributed by atoms with Crippen molar-refractivity contribution in [2.24, 2.45) is 5.92 Å². The molecule has 0 saturated heterocycles. The van der Waals surface area contributed by atoms with Crippen LogP contribution >= 0.6 is 15.6 Å². The van der Waals surface area contributed by atoms with Crippen molar-refractivity contribution in [1.29, 1.82) is 0 Å². The van der Waals surface area contributed by atoms with Gasteiger partial charge < -0.3 is 33.8 Å². The fourth-order valence-electron chi connectivity index (χ4n) is 11.2. The lowest BCUT2D eigenvalue weighted by molar-refractivity contribution is -0.161. The van der Waals surface area contributed by atoms with Crippen molar-refractivity contribution in [3.05, 3.63) is 0 Å². The van der Waals surface area contributed by atoms with E-state index in [1.54, 1.807) is 0 Å². The summed E-state index contributed by atoms with van der Waals surface area (Å²) < 4.78 is 68.4. The van der Waals surface area contributed by atoms with Gasteiger partial charge in [0.25, 0.3) is 0 Å². The van der Waals surface area contributed by atoms with Gasteiger partial charge in [-0.15, -0.1) is 0 Å². The Labute approximate surface area is 562 Å². The van der Waals surface area contributed by atoms with Gasteiger partial charge in [0, 0.05) is 25.7 Å². The maximum Gasteiger partial charge on any atom is 0.472 e. The van der Waals surface area contributed by atoms with Gasteiger partial charge in [0.2, 0.25) is 0 Å². The van der Waals surface area contributed by atoms with Crippen LogP contribution in [-0.2, 0) is 65.4 Å². The van der Waals surface area contributed by atoms with E-state index < -0.39 is 97.5 Å². The van der Waals surface area contributed by atoms with Crippen molar-refractivity contribution in [2.75, 3.05) is 39.6 Å². The van der Waals surface area contributed by atoms with Crippen LogP contribution in [-0.4, -0.2) is 96.7 Å². The zero-order valence-corrected chi connectivity index (χ0v) is 61.5. The number of hydrogen-bond acceptors (Lipinski definition) is 15. The Balaban J connectivity index is 5.23. The fraction of sp³-hybridized carbons (Fsp3) is 0.945. The Hall–Kier alpha value is -1.94. The van der Waals surface area contributed by atoms with Gasteiger partial charge in [-0.2, -0.15) is 0 Å². The number of phosphoric ester groups is 2. The highest BCUT2D eigenvalue weighted by molar-refractivity contribution is 7.47. The molecule has 3 N–H and O–H groups in total. The molecule has 0 aliphatic carbocycles. The molecule has 0 rings (SSSR count). The summed E-state index contributed by atoms with van der Waals surface area (Å²) in [6, 6.07) is 0. The molecule has 17 nitrogen and oxygen atoms in total. The number of ether oxygens (including phenoxy) is 4. The molecule has 546 valence electrons. The Morgan fingerprint density at radius 2 is 0.500 bits per heavy atom. The number of aliphatic hydroxyl groups excluding tert-OH is 1. The topological polar surface area (TPSA) is 237 Å². The second-order valence-electron chi connectivity index (χ2n) is 26.8. The number of esters is 4. The monoisotopic (exact) mass is 1350 g/mol. The molecule has 2 unspecified atom stereocenters. The van der Waals surface area contributed by atoms with Crippen molar-refractivity contribution in [2.45, 2.75) is 400 Å². The van der Waals surface area contributed by atoms with Gasteiger partial charge >= 0.3 is 39.5 Å². The van der Waals surface area contributed by atoms with Crippen molar-refractivity contribution in [3.63, 3.8) is 0 Å². The standard InChI is InChI=1S/C73H142O17P2/c1-6-9-12-15-18-21-24-27-29-31-33-36-39-42-49-54-59-73(78)89-68(62-83-70(75)56-51-46-40-37-35-32-30-28-25-22-19-16-13-10-7-2)64-87-91(79,80)85-60-67(74)61-86-92(81,82)88-65-69(63-84-71(76)57-52-47-44-43-45-50-55-66(4)5)90-72(77)58-53-48-41-38-34-26-23-20-17-14-11-8-3/h66-69,74H,6-65H2,1-5H3,(H,79,80)(H,81,82)/t67-,68-,69-/m1/s1. The average Bonchev–Trinajstić information content (AvgIpc) is 2.66. The number of carbonyl (C=O) groups excluding carboxylic acids is 4. The molecule has 0 aliphatic heterocycles. The third kappa shape index (κ3) is 66.7. The highest BCUT2D eigenvalue weighted by Crippen LogP contribution is 2.45. The molecular formula is C73H142O17P2. The minimum Gasteiger partial charge on any atom is -0.462 e. The van der Waals surface area contributed by atoms with Crippen LogP contribution < -0.4 is 0 Å². The van der Waals surface area contributed by atoms with Gasteiger partial charge in [0.1, 0.15) is 19.3 Å². The van der Waals surface area contributed by atoms with Crippen LogP contribution in [0.1, 0.15) is 381 Å². The average molecular weight is 1350 g/mol. The van der Waals surface area contributed by atoms with Gasteiger partial charge in [-0.3, -0.25) is 37.3 Å². The number of unbranched alkanes of at least 4 members (excludes halogenated alkanes) is 45. The van der Waals surface area contributed by atoms with Crippen LogP contribution in [0, 0.1) is 5.92 Å². The van der Waals surface area contributed by atoms with E-state index in [0.29, 0.717) is 31.6 Å². The lowest BCUT2D eigenvalue weighted by atomic mass is 10.0. The van der Waals surface area contributed by atoms with E-state index in [4.69, 9.17) is 37.0 Å². The van der Waals surface area contributed by atoms with Gasteiger partial charge in [0.15, 0.2) is 12.2 Å². The first-order chi connectivity index (χ1) is 44.5. The van der Waals surface area contributed by atoms with E-state index in [1.165, 1.54) is 199 Å². The summed E-state index contributed by atoms with van der Waals surface area (Å²) in [6.45, 7) is 7.20. The molecule has 0 aromatic rings. The maximum atomic E-state index is 13.1. The van der Waals surface area contributed by atoms with E-state index in [0.717, 1.165) is 96.3 Å². The minimum atomic E-state index is -4.95. The van der Waals surface area contributed by atoms with Crippen molar-refractivity contribution >= 4 is 39.5 Å². The van der Waals surface area contributed by atoms with Gasteiger partial charge in [-0.05, 0) is 31.6 Å². The first-order valence-corrected chi connectivity index (χ1v) is 41.1. The Kier molecular flexibility index (Phi) is 64.9. The molecule has 0 spiro atoms. The summed E-state index contributed by atoms with van der Waals surface area (Å²) in [6.07, 6.45) is 54.1. The molecule has 0 saturated carbocycles. The third-order valence-corrected chi connectivity index (χ3v) is 18.9. The molecule has 0 fully saturated rings. The predicted octanol–water partition coefficient (Wildman–Crippen LogP) is 21.3. The Morgan fingerprint density at radius 1 is 0.293 bits per heavy atom. The van der Waals surface area contributed by atoms with E-state index in [1.807, 2.05) is 0 Å². The van der Waals surface area contributed by atoms with E-state index >= 15 is 0 Å². The largest absolute Gasteiger partial charge is 0.472 e. The van der Waals surface area contributed by atoms with Crippen LogP contribution in [0.15, 0.2) is 0 Å². The zero-order valence-electron chi connectivity index (χ0n) is 59.7. The number of carbonyl (C=O) groups is 4. The predicted molar refractivity (Wildman–Crippen MR) is 372 cm³/mol. The summed E-state index contributed by atoms with van der Waals surface area (Å²) in [4.78, 5) is 72.6. The van der Waals surface area contributed by atoms with Crippen molar-refractivity contribution in [1.82, 2.24) is 0 Å². The molecule has 0 radical (unpaired) electrons. The lowest BCUT2D eigenvalue weighted by Gasteiger charge is -2.21. The summed E-state index contributed by atoms with van der Waals surface area (Å²) in [5.41, 5.74) is 0. The van der Waals surface area contributed by atoms with E-state index in [2.05, 4.69) is 34.6 Å². The van der Waals surface area contributed by atoms with Gasteiger partial charge in [-0.25, -0.2) is 9.13 Å². The smallest absolute Gasteiger partial charge is 0.462 e. The van der Waals surface area contributed by atoms with Gasteiger partial charge in [0.05, 0.1) is 26.4 Å². The highest BCUT2D eigenvalue weighted by atomic mass is 31.2. The molecule has 5 atom stereocenters. The number of phosphoric acid groups is 2. The third-order valence-electron chi connectivity index (χ3n) is 17.0. The summed E-state index contributed by atoms with van der Waals surface area (Å²) >= 11 is 0. The van der Waals surface area contributed by atoms with Crippen LogP contribution in [0.25, 0.3) is 0 Å². The molecule has 0 aromatic carbocycles.